The zero-order valence-electron chi connectivity index (χ0n) is 17.7. The van der Waals surface area contributed by atoms with Crippen molar-refractivity contribution < 1.29 is 9.59 Å². The zero-order valence-corrected chi connectivity index (χ0v) is 20.7. The Morgan fingerprint density at radius 3 is 2.13 bits per heavy atom. The average Bonchev–Trinajstić information content (AvgIpc) is 2.72. The molecule has 2 amide bonds. The van der Waals surface area contributed by atoms with Gasteiger partial charge in [0.05, 0.1) is 16.5 Å². The largest absolute Gasteiger partial charge is 0.352 e. The lowest BCUT2D eigenvalue weighted by Crippen LogP contribution is -2.51. The van der Waals surface area contributed by atoms with Gasteiger partial charge in [-0.15, -0.1) is 0 Å². The summed E-state index contributed by atoms with van der Waals surface area (Å²) in [6.07, 6.45) is 1.29. The van der Waals surface area contributed by atoms with Gasteiger partial charge in [-0.25, -0.2) is 0 Å². The van der Waals surface area contributed by atoms with Gasteiger partial charge >= 0.3 is 0 Å². The molecule has 1 N–H and O–H groups in total. The molecule has 2 aromatic rings. The molecule has 2 rings (SSSR count). The van der Waals surface area contributed by atoms with Crippen LogP contribution in [0.3, 0.4) is 0 Å². The maximum absolute atomic E-state index is 13.4. The van der Waals surface area contributed by atoms with Crippen molar-refractivity contribution in [2.24, 2.45) is 0 Å². The normalized spacial score (nSPS) is 12.9. The van der Waals surface area contributed by atoms with E-state index in [-0.39, 0.29) is 30.8 Å². The lowest BCUT2D eigenvalue weighted by molar-refractivity contribution is -0.141. The number of benzene rings is 2. The van der Waals surface area contributed by atoms with Crippen molar-refractivity contribution in [1.82, 2.24) is 10.2 Å². The van der Waals surface area contributed by atoms with Gasteiger partial charge in [-0.3, -0.25) is 9.59 Å². The third-order valence-corrected chi connectivity index (χ3v) is 6.56. The minimum absolute atomic E-state index is 0.00234. The molecule has 0 spiro atoms. The van der Waals surface area contributed by atoms with Crippen LogP contribution in [0.1, 0.15) is 44.7 Å². The number of carbonyl (C=O) groups is 2. The summed E-state index contributed by atoms with van der Waals surface area (Å²) in [7, 11) is 0. The summed E-state index contributed by atoms with van der Waals surface area (Å²) in [6, 6.07) is 9.54. The fourth-order valence-electron chi connectivity index (χ4n) is 3.14. The number of hydrogen-bond donors (Lipinski definition) is 1. The first-order chi connectivity index (χ1) is 14.7. The highest BCUT2D eigenvalue weighted by atomic mass is 35.5. The van der Waals surface area contributed by atoms with Gasteiger partial charge in [0, 0.05) is 28.2 Å². The number of nitrogens with zero attached hydrogens (tertiary/aromatic N) is 1. The van der Waals surface area contributed by atoms with E-state index in [4.69, 9.17) is 46.4 Å². The van der Waals surface area contributed by atoms with Gasteiger partial charge in [0.25, 0.3) is 0 Å². The summed E-state index contributed by atoms with van der Waals surface area (Å²) in [4.78, 5) is 27.9. The van der Waals surface area contributed by atoms with Crippen molar-refractivity contribution in [3.05, 3.63) is 67.6 Å². The highest BCUT2D eigenvalue weighted by Gasteiger charge is 2.30. The van der Waals surface area contributed by atoms with Crippen molar-refractivity contribution in [3.63, 3.8) is 0 Å². The van der Waals surface area contributed by atoms with Crippen molar-refractivity contribution >= 4 is 58.2 Å². The molecule has 0 heterocycles. The maximum Gasteiger partial charge on any atom is 0.243 e. The van der Waals surface area contributed by atoms with E-state index in [9.17, 15) is 9.59 Å². The zero-order chi connectivity index (χ0) is 23.1. The molecule has 0 unspecified atom stereocenters. The van der Waals surface area contributed by atoms with Gasteiger partial charge in [-0.1, -0.05) is 72.4 Å². The third kappa shape index (κ3) is 7.01. The van der Waals surface area contributed by atoms with Crippen LogP contribution in [0.5, 0.6) is 0 Å². The Bertz CT molecular complexity index is 916. The van der Waals surface area contributed by atoms with Crippen LogP contribution in [0.2, 0.25) is 20.1 Å². The number of carbonyl (C=O) groups excluding carboxylic acids is 2. The Kier molecular flexibility index (Phi) is 9.95. The first-order valence-corrected chi connectivity index (χ1v) is 11.7. The number of amides is 2. The van der Waals surface area contributed by atoms with E-state index in [0.29, 0.717) is 37.6 Å². The quantitative estimate of drug-likeness (QED) is 0.421. The molecule has 8 heteroatoms. The molecule has 168 valence electrons. The molecule has 0 saturated heterocycles. The van der Waals surface area contributed by atoms with E-state index in [1.54, 1.807) is 36.4 Å². The molecule has 2 aromatic carbocycles. The Morgan fingerprint density at radius 1 is 0.935 bits per heavy atom. The van der Waals surface area contributed by atoms with Crippen LogP contribution >= 0.6 is 46.4 Å². The molecule has 0 aromatic heterocycles. The van der Waals surface area contributed by atoms with E-state index in [2.05, 4.69) is 5.32 Å². The monoisotopic (exact) mass is 502 g/mol. The van der Waals surface area contributed by atoms with Crippen molar-refractivity contribution in [2.75, 3.05) is 0 Å². The second-order valence-electron chi connectivity index (χ2n) is 7.39. The van der Waals surface area contributed by atoms with E-state index >= 15 is 0 Å². The van der Waals surface area contributed by atoms with Gasteiger partial charge in [-0.2, -0.15) is 0 Å². The van der Waals surface area contributed by atoms with Gasteiger partial charge in [0.1, 0.15) is 6.04 Å². The van der Waals surface area contributed by atoms with Gasteiger partial charge < -0.3 is 10.2 Å². The standard InChI is InChI=1S/C23H26Cl4N2O2/c1-4-14(3)28-23(31)21(5-2)29(13-16-17(24)7-6-8-18(16)25)22(30)12-15-9-10-19(26)20(27)11-15/h6-11,14,21H,4-5,12-13H2,1-3H3,(H,28,31)/t14-,21-/m1/s1. The van der Waals surface area contributed by atoms with Crippen LogP contribution in [0.15, 0.2) is 36.4 Å². The van der Waals surface area contributed by atoms with E-state index < -0.39 is 6.04 Å². The molecule has 0 bridgehead atoms. The number of hydrogen-bond acceptors (Lipinski definition) is 2. The van der Waals surface area contributed by atoms with Crippen LogP contribution in [-0.4, -0.2) is 28.8 Å². The molecule has 31 heavy (non-hydrogen) atoms. The number of rotatable bonds is 9. The summed E-state index contributed by atoms with van der Waals surface area (Å²) < 4.78 is 0. The summed E-state index contributed by atoms with van der Waals surface area (Å²) in [5, 5.41) is 4.64. The summed E-state index contributed by atoms with van der Waals surface area (Å²) in [5.41, 5.74) is 1.30. The molecule has 0 fully saturated rings. The summed E-state index contributed by atoms with van der Waals surface area (Å²) >= 11 is 24.8. The van der Waals surface area contributed by atoms with Crippen LogP contribution in [-0.2, 0) is 22.6 Å². The first kappa shape index (κ1) is 25.8. The molecule has 0 aliphatic rings. The second kappa shape index (κ2) is 12.0. The Balaban J connectivity index is 2.38. The smallest absolute Gasteiger partial charge is 0.243 e. The SMILES string of the molecule is CC[C@@H](C)NC(=O)[C@@H](CC)N(Cc1c(Cl)cccc1Cl)C(=O)Cc1ccc(Cl)c(Cl)c1. The molecular weight excluding hydrogens is 478 g/mol. The van der Waals surface area contributed by atoms with Crippen molar-refractivity contribution in [2.45, 2.75) is 58.7 Å². The highest BCUT2D eigenvalue weighted by molar-refractivity contribution is 6.42. The van der Waals surface area contributed by atoms with Crippen LogP contribution in [0.4, 0.5) is 0 Å². The van der Waals surface area contributed by atoms with Gasteiger partial charge in [0.15, 0.2) is 0 Å². The molecule has 2 atom stereocenters. The first-order valence-electron chi connectivity index (χ1n) is 10.1. The predicted octanol–water partition coefficient (Wildman–Crippen LogP) is 6.56. The molecular formula is C23H26Cl4N2O2. The van der Waals surface area contributed by atoms with Gasteiger partial charge in [0.2, 0.25) is 11.8 Å². The number of nitrogens with one attached hydrogen (secondary N) is 1. The molecule has 0 aliphatic heterocycles. The fourth-order valence-corrected chi connectivity index (χ4v) is 3.98. The molecule has 0 aliphatic carbocycles. The Labute approximate surface area is 203 Å². The highest BCUT2D eigenvalue weighted by Crippen LogP contribution is 2.28. The minimum Gasteiger partial charge on any atom is -0.352 e. The van der Waals surface area contributed by atoms with Crippen LogP contribution in [0, 0.1) is 0 Å². The molecule has 4 nitrogen and oxygen atoms in total. The molecule has 0 radical (unpaired) electrons. The van der Waals surface area contributed by atoms with Gasteiger partial charge in [-0.05, 0) is 49.6 Å². The third-order valence-electron chi connectivity index (χ3n) is 5.12. The average molecular weight is 504 g/mol. The topological polar surface area (TPSA) is 49.4 Å². The van der Waals surface area contributed by atoms with E-state index in [0.717, 1.165) is 6.42 Å². The van der Waals surface area contributed by atoms with Crippen LogP contribution in [0.25, 0.3) is 0 Å². The summed E-state index contributed by atoms with van der Waals surface area (Å²) in [5.74, 6) is -0.442. The fraction of sp³-hybridized carbons (Fsp3) is 0.391. The van der Waals surface area contributed by atoms with Crippen LogP contribution < -0.4 is 5.32 Å². The van der Waals surface area contributed by atoms with E-state index in [1.807, 2.05) is 20.8 Å². The maximum atomic E-state index is 13.4. The lowest BCUT2D eigenvalue weighted by atomic mass is 10.1. The van der Waals surface area contributed by atoms with E-state index in [1.165, 1.54) is 4.90 Å². The minimum atomic E-state index is -0.670. The van der Waals surface area contributed by atoms with Crippen molar-refractivity contribution in [3.8, 4) is 0 Å². The predicted molar refractivity (Wildman–Crippen MR) is 129 cm³/mol. The summed E-state index contributed by atoms with van der Waals surface area (Å²) in [6.45, 7) is 5.90. The molecule has 0 saturated carbocycles. The second-order valence-corrected chi connectivity index (χ2v) is 9.02. The Hall–Kier alpha value is -1.46. The number of halogens is 4. The lowest BCUT2D eigenvalue weighted by Gasteiger charge is -2.32. The Morgan fingerprint density at radius 2 is 1.58 bits per heavy atom. The van der Waals surface area contributed by atoms with Crippen molar-refractivity contribution in [1.29, 1.82) is 0 Å².